The van der Waals surface area contributed by atoms with Crippen molar-refractivity contribution in [2.45, 2.75) is 24.7 Å². The molecule has 0 radical (unpaired) electrons. The fraction of sp³-hybridized carbons (Fsp3) is 0.160. The number of thioether (sulfide) groups is 1. The zero-order valence-corrected chi connectivity index (χ0v) is 18.0. The second-order valence-electron chi connectivity index (χ2n) is 7.07. The predicted molar refractivity (Wildman–Crippen MR) is 125 cm³/mol. The van der Waals surface area contributed by atoms with Crippen molar-refractivity contribution in [1.82, 2.24) is 14.9 Å². The van der Waals surface area contributed by atoms with Crippen LogP contribution in [0.2, 0.25) is 0 Å². The minimum Gasteiger partial charge on any atom is -0.344 e. The van der Waals surface area contributed by atoms with Gasteiger partial charge in [0.1, 0.15) is 0 Å². The standard InChI is InChI=1S/C25H23N3O2S/c1-2-28-24(30)20-15-9-10-16-21(20)26-25(28)31-17-22(29)27-23(18-11-5-3-6-12-18)19-13-7-4-8-14-19/h3-16,23H,2,17H2,1H3,(H,27,29). The fourth-order valence-corrected chi connectivity index (χ4v) is 4.39. The van der Waals surface area contributed by atoms with Gasteiger partial charge in [-0.3, -0.25) is 14.2 Å². The summed E-state index contributed by atoms with van der Waals surface area (Å²) in [6.45, 7) is 2.40. The summed E-state index contributed by atoms with van der Waals surface area (Å²) in [6.07, 6.45) is 0. The third-order valence-corrected chi connectivity index (χ3v) is 6.02. The second kappa shape index (κ2) is 9.62. The van der Waals surface area contributed by atoms with E-state index in [1.54, 1.807) is 10.6 Å². The lowest BCUT2D eigenvalue weighted by molar-refractivity contribution is -0.119. The van der Waals surface area contributed by atoms with Crippen LogP contribution in [0.4, 0.5) is 0 Å². The average Bonchev–Trinajstić information content (AvgIpc) is 2.82. The highest BCUT2D eigenvalue weighted by molar-refractivity contribution is 7.99. The van der Waals surface area contributed by atoms with Crippen LogP contribution < -0.4 is 10.9 Å². The number of hydrogen-bond acceptors (Lipinski definition) is 4. The number of carbonyl (C=O) groups excluding carboxylic acids is 1. The van der Waals surface area contributed by atoms with E-state index in [0.29, 0.717) is 22.6 Å². The first kappa shape index (κ1) is 20.9. The molecular weight excluding hydrogens is 406 g/mol. The van der Waals surface area contributed by atoms with Crippen LogP contribution in [-0.4, -0.2) is 21.2 Å². The van der Waals surface area contributed by atoms with Gasteiger partial charge in [-0.1, -0.05) is 84.6 Å². The fourth-order valence-electron chi connectivity index (χ4n) is 3.52. The summed E-state index contributed by atoms with van der Waals surface area (Å²) >= 11 is 1.28. The maximum atomic E-state index is 12.9. The van der Waals surface area contributed by atoms with Crippen LogP contribution in [0.15, 0.2) is 94.9 Å². The first-order valence-corrected chi connectivity index (χ1v) is 11.2. The van der Waals surface area contributed by atoms with E-state index in [2.05, 4.69) is 10.3 Å². The number of rotatable bonds is 7. The van der Waals surface area contributed by atoms with Gasteiger partial charge >= 0.3 is 0 Å². The Labute approximate surface area is 185 Å². The zero-order chi connectivity index (χ0) is 21.6. The molecule has 3 aromatic carbocycles. The van der Waals surface area contributed by atoms with Crippen molar-refractivity contribution in [3.05, 3.63) is 106 Å². The first-order valence-electron chi connectivity index (χ1n) is 10.2. The number of hydrogen-bond donors (Lipinski definition) is 1. The van der Waals surface area contributed by atoms with Gasteiger partial charge in [0.25, 0.3) is 5.56 Å². The molecule has 1 N–H and O–H groups in total. The van der Waals surface area contributed by atoms with Crippen molar-refractivity contribution in [1.29, 1.82) is 0 Å². The largest absolute Gasteiger partial charge is 0.344 e. The monoisotopic (exact) mass is 429 g/mol. The molecule has 31 heavy (non-hydrogen) atoms. The number of carbonyl (C=O) groups is 1. The van der Waals surface area contributed by atoms with E-state index in [1.165, 1.54) is 11.8 Å². The van der Waals surface area contributed by atoms with E-state index in [-0.39, 0.29) is 23.3 Å². The van der Waals surface area contributed by atoms with E-state index in [9.17, 15) is 9.59 Å². The number of fused-ring (bicyclic) bond motifs is 1. The Hall–Kier alpha value is -3.38. The summed E-state index contributed by atoms with van der Waals surface area (Å²) in [4.78, 5) is 30.3. The van der Waals surface area contributed by atoms with Gasteiger partial charge in [-0.25, -0.2) is 4.98 Å². The number of nitrogens with one attached hydrogen (secondary N) is 1. The van der Waals surface area contributed by atoms with Gasteiger partial charge in [0.15, 0.2) is 5.16 Å². The molecule has 0 bridgehead atoms. The summed E-state index contributed by atoms with van der Waals surface area (Å²) in [7, 11) is 0. The summed E-state index contributed by atoms with van der Waals surface area (Å²) < 4.78 is 1.62. The van der Waals surface area contributed by atoms with Crippen molar-refractivity contribution in [3.63, 3.8) is 0 Å². The molecule has 4 aromatic rings. The lowest BCUT2D eigenvalue weighted by Gasteiger charge is -2.20. The maximum Gasteiger partial charge on any atom is 0.262 e. The Kier molecular flexibility index (Phi) is 6.48. The van der Waals surface area contributed by atoms with Crippen LogP contribution in [0.5, 0.6) is 0 Å². The molecule has 6 heteroatoms. The Bertz CT molecular complexity index is 1200. The molecule has 0 aliphatic heterocycles. The molecule has 156 valence electrons. The van der Waals surface area contributed by atoms with Gasteiger partial charge in [-0.2, -0.15) is 0 Å². The highest BCUT2D eigenvalue weighted by atomic mass is 32.2. The Balaban J connectivity index is 1.55. The first-order chi connectivity index (χ1) is 15.2. The lowest BCUT2D eigenvalue weighted by atomic mass is 9.99. The quantitative estimate of drug-likeness (QED) is 0.349. The van der Waals surface area contributed by atoms with Crippen LogP contribution in [0.3, 0.4) is 0 Å². The van der Waals surface area contributed by atoms with Crippen LogP contribution in [0, 0.1) is 0 Å². The molecule has 0 aliphatic rings. The molecule has 0 spiro atoms. The maximum absolute atomic E-state index is 12.9. The summed E-state index contributed by atoms with van der Waals surface area (Å²) in [5, 5.41) is 4.28. The van der Waals surface area contributed by atoms with Crippen LogP contribution in [0.25, 0.3) is 10.9 Å². The molecule has 1 aromatic heterocycles. The third kappa shape index (κ3) is 4.70. The number of nitrogens with zero attached hydrogens (tertiary/aromatic N) is 2. The Morgan fingerprint density at radius 1 is 0.935 bits per heavy atom. The van der Waals surface area contributed by atoms with E-state index in [1.807, 2.05) is 85.8 Å². The highest BCUT2D eigenvalue weighted by Gasteiger charge is 2.18. The molecule has 0 saturated carbocycles. The molecule has 0 aliphatic carbocycles. The van der Waals surface area contributed by atoms with Gasteiger partial charge in [-0.15, -0.1) is 0 Å². The van der Waals surface area contributed by atoms with Crippen molar-refractivity contribution in [2.24, 2.45) is 0 Å². The second-order valence-corrected chi connectivity index (χ2v) is 8.01. The molecule has 4 rings (SSSR count). The Morgan fingerprint density at radius 2 is 1.52 bits per heavy atom. The zero-order valence-electron chi connectivity index (χ0n) is 17.2. The number of amides is 1. The number of benzene rings is 3. The molecule has 0 saturated heterocycles. The predicted octanol–water partition coefficient (Wildman–Crippen LogP) is 4.41. The molecule has 0 atom stereocenters. The van der Waals surface area contributed by atoms with Crippen molar-refractivity contribution < 1.29 is 4.79 Å². The normalized spacial score (nSPS) is 11.0. The molecule has 1 heterocycles. The molecule has 1 amide bonds. The molecule has 0 fully saturated rings. The average molecular weight is 430 g/mol. The number of aromatic nitrogens is 2. The summed E-state index contributed by atoms with van der Waals surface area (Å²) in [6, 6.07) is 26.8. The minimum atomic E-state index is -0.242. The van der Waals surface area contributed by atoms with Crippen LogP contribution in [0.1, 0.15) is 24.1 Å². The summed E-state index contributed by atoms with van der Waals surface area (Å²) in [5.74, 6) is 0.0498. The van der Waals surface area contributed by atoms with E-state index in [0.717, 1.165) is 11.1 Å². The van der Waals surface area contributed by atoms with Crippen molar-refractivity contribution in [2.75, 3.05) is 5.75 Å². The van der Waals surface area contributed by atoms with Gasteiger partial charge in [0.05, 0.1) is 22.7 Å². The van der Waals surface area contributed by atoms with E-state index >= 15 is 0 Å². The van der Waals surface area contributed by atoms with Crippen molar-refractivity contribution in [3.8, 4) is 0 Å². The number of para-hydroxylation sites is 1. The molecular formula is C25H23N3O2S. The van der Waals surface area contributed by atoms with Gasteiger partial charge in [-0.05, 0) is 30.2 Å². The van der Waals surface area contributed by atoms with E-state index < -0.39 is 0 Å². The van der Waals surface area contributed by atoms with Crippen molar-refractivity contribution >= 4 is 28.6 Å². The highest BCUT2D eigenvalue weighted by Crippen LogP contribution is 2.23. The van der Waals surface area contributed by atoms with Gasteiger partial charge in [0.2, 0.25) is 5.91 Å². The topological polar surface area (TPSA) is 64.0 Å². The SMILES string of the molecule is CCn1c(SCC(=O)NC(c2ccccc2)c2ccccc2)nc2ccccc2c1=O. The minimum absolute atomic E-state index is 0.0811. The van der Waals surface area contributed by atoms with Gasteiger partial charge < -0.3 is 5.32 Å². The summed E-state index contributed by atoms with van der Waals surface area (Å²) in [5.41, 5.74) is 2.59. The third-order valence-electron chi connectivity index (χ3n) is 5.05. The van der Waals surface area contributed by atoms with Crippen LogP contribution in [-0.2, 0) is 11.3 Å². The van der Waals surface area contributed by atoms with Gasteiger partial charge in [0, 0.05) is 6.54 Å². The molecule has 5 nitrogen and oxygen atoms in total. The smallest absolute Gasteiger partial charge is 0.262 e. The van der Waals surface area contributed by atoms with Crippen LogP contribution >= 0.6 is 11.8 Å². The lowest BCUT2D eigenvalue weighted by Crippen LogP contribution is -2.31. The molecule has 0 unspecified atom stereocenters. The van der Waals surface area contributed by atoms with E-state index in [4.69, 9.17) is 0 Å². The Morgan fingerprint density at radius 3 is 2.13 bits per heavy atom.